The van der Waals surface area contributed by atoms with Gasteiger partial charge in [0, 0.05) is 5.69 Å². The number of aliphatic carboxylic acids is 1. The molecule has 0 amide bonds. The molecule has 1 unspecified atom stereocenters. The van der Waals surface area contributed by atoms with Crippen LogP contribution in [0.2, 0.25) is 0 Å². The highest BCUT2D eigenvalue weighted by Crippen LogP contribution is 2.23. The van der Waals surface area contributed by atoms with Crippen molar-refractivity contribution in [2.24, 2.45) is 0 Å². The third kappa shape index (κ3) is 3.29. The van der Waals surface area contributed by atoms with Crippen molar-refractivity contribution >= 4 is 11.7 Å². The molecule has 0 spiro atoms. The number of aryl methyl sites for hydroxylation is 1. The highest BCUT2D eigenvalue weighted by atomic mass is 16.5. The van der Waals surface area contributed by atoms with Crippen LogP contribution in [0.3, 0.4) is 0 Å². The van der Waals surface area contributed by atoms with E-state index in [4.69, 9.17) is 4.74 Å². The molecule has 4 heteroatoms. The molecule has 0 aliphatic heterocycles. The Morgan fingerprint density at radius 1 is 1.20 bits per heavy atom. The molecule has 0 aliphatic rings. The number of benzene rings is 2. The molecule has 20 heavy (non-hydrogen) atoms. The van der Waals surface area contributed by atoms with E-state index in [1.807, 2.05) is 31.2 Å². The second kappa shape index (κ2) is 6.10. The highest BCUT2D eigenvalue weighted by molar-refractivity contribution is 5.79. The Kier molecular flexibility index (Phi) is 4.25. The van der Waals surface area contributed by atoms with Gasteiger partial charge in [0.15, 0.2) is 6.04 Å². The zero-order valence-electron chi connectivity index (χ0n) is 11.5. The topological polar surface area (TPSA) is 58.6 Å². The van der Waals surface area contributed by atoms with Gasteiger partial charge in [0.25, 0.3) is 0 Å². The Hall–Kier alpha value is -2.49. The van der Waals surface area contributed by atoms with Crippen LogP contribution in [0.25, 0.3) is 0 Å². The van der Waals surface area contributed by atoms with Gasteiger partial charge in [-0.1, -0.05) is 29.8 Å². The number of carboxylic acids is 1. The minimum atomic E-state index is -0.932. The predicted molar refractivity (Wildman–Crippen MR) is 78.2 cm³/mol. The number of hydrogen-bond acceptors (Lipinski definition) is 3. The van der Waals surface area contributed by atoms with Crippen LogP contribution >= 0.6 is 0 Å². The summed E-state index contributed by atoms with van der Waals surface area (Å²) in [5.74, 6) is -0.293. The highest BCUT2D eigenvalue weighted by Gasteiger charge is 2.20. The Morgan fingerprint density at radius 3 is 2.50 bits per heavy atom. The lowest BCUT2D eigenvalue weighted by Crippen LogP contribution is -2.20. The molecular formula is C16H17NO3. The first-order chi connectivity index (χ1) is 9.60. The number of anilines is 1. The molecule has 0 fully saturated rings. The van der Waals surface area contributed by atoms with Crippen molar-refractivity contribution in [3.8, 4) is 5.75 Å². The fourth-order valence-corrected chi connectivity index (χ4v) is 1.93. The van der Waals surface area contributed by atoms with Gasteiger partial charge in [-0.05, 0) is 36.8 Å². The molecule has 2 aromatic carbocycles. The van der Waals surface area contributed by atoms with E-state index in [1.54, 1.807) is 31.4 Å². The third-order valence-corrected chi connectivity index (χ3v) is 3.04. The molecule has 4 nitrogen and oxygen atoms in total. The van der Waals surface area contributed by atoms with Crippen LogP contribution in [0.5, 0.6) is 5.75 Å². The number of carbonyl (C=O) groups is 1. The predicted octanol–water partition coefficient (Wildman–Crippen LogP) is 3.24. The van der Waals surface area contributed by atoms with Crippen molar-refractivity contribution < 1.29 is 14.6 Å². The Labute approximate surface area is 118 Å². The Balaban J connectivity index is 2.26. The summed E-state index contributed by atoms with van der Waals surface area (Å²) in [6, 6.07) is 13.8. The van der Waals surface area contributed by atoms with Gasteiger partial charge in [-0.3, -0.25) is 0 Å². The van der Waals surface area contributed by atoms with Crippen molar-refractivity contribution in [3.05, 3.63) is 59.7 Å². The van der Waals surface area contributed by atoms with Crippen molar-refractivity contribution in [2.75, 3.05) is 12.4 Å². The summed E-state index contributed by atoms with van der Waals surface area (Å²) in [5.41, 5.74) is 2.55. The van der Waals surface area contributed by atoms with Crippen LogP contribution < -0.4 is 10.1 Å². The lowest BCUT2D eigenvalue weighted by Gasteiger charge is -2.17. The molecule has 104 valence electrons. The largest absolute Gasteiger partial charge is 0.497 e. The average Bonchev–Trinajstić information content (AvgIpc) is 2.46. The summed E-state index contributed by atoms with van der Waals surface area (Å²) in [6.07, 6.45) is 0. The molecule has 0 heterocycles. The van der Waals surface area contributed by atoms with E-state index < -0.39 is 12.0 Å². The van der Waals surface area contributed by atoms with Crippen LogP contribution in [0, 0.1) is 6.92 Å². The summed E-state index contributed by atoms with van der Waals surface area (Å²) < 4.78 is 5.13. The molecule has 2 N–H and O–H groups in total. The molecular weight excluding hydrogens is 254 g/mol. The van der Waals surface area contributed by atoms with Gasteiger partial charge in [0.2, 0.25) is 0 Å². The number of hydrogen-bond donors (Lipinski definition) is 2. The van der Waals surface area contributed by atoms with Crippen LogP contribution in [0.4, 0.5) is 5.69 Å². The van der Waals surface area contributed by atoms with Gasteiger partial charge < -0.3 is 15.2 Å². The first kappa shape index (κ1) is 13.9. The zero-order chi connectivity index (χ0) is 14.5. The first-order valence-corrected chi connectivity index (χ1v) is 6.30. The second-order valence-electron chi connectivity index (χ2n) is 4.56. The molecule has 1 atom stereocenters. The van der Waals surface area contributed by atoms with Crippen LogP contribution in [0.1, 0.15) is 17.2 Å². The number of ether oxygens (including phenoxy) is 1. The summed E-state index contributed by atoms with van der Waals surface area (Å²) in [7, 11) is 1.56. The van der Waals surface area contributed by atoms with E-state index in [-0.39, 0.29) is 0 Å². The SMILES string of the molecule is COc1cccc(C(Nc2ccc(C)cc2)C(=O)O)c1. The third-order valence-electron chi connectivity index (χ3n) is 3.04. The molecule has 2 rings (SSSR count). The lowest BCUT2D eigenvalue weighted by atomic mass is 10.1. The van der Waals surface area contributed by atoms with Gasteiger partial charge in [-0.25, -0.2) is 4.79 Å². The van der Waals surface area contributed by atoms with Gasteiger partial charge >= 0.3 is 5.97 Å². The van der Waals surface area contributed by atoms with Crippen molar-refractivity contribution in [1.29, 1.82) is 0 Å². The standard InChI is InChI=1S/C16H17NO3/c1-11-6-8-13(9-7-11)17-15(16(18)19)12-4-3-5-14(10-12)20-2/h3-10,15,17H,1-2H3,(H,18,19). The maximum Gasteiger partial charge on any atom is 0.330 e. The molecule has 0 saturated heterocycles. The van der Waals surface area contributed by atoms with Crippen molar-refractivity contribution in [1.82, 2.24) is 0 Å². The number of methoxy groups -OCH3 is 1. The summed E-state index contributed by atoms with van der Waals surface area (Å²) in [5, 5.41) is 12.4. The fraction of sp³-hybridized carbons (Fsp3) is 0.188. The van der Waals surface area contributed by atoms with E-state index in [9.17, 15) is 9.90 Å². The van der Waals surface area contributed by atoms with Crippen LogP contribution in [-0.2, 0) is 4.79 Å². The minimum absolute atomic E-state index is 0.638. The van der Waals surface area contributed by atoms with Gasteiger partial charge in [-0.15, -0.1) is 0 Å². The molecule has 0 aliphatic carbocycles. The van der Waals surface area contributed by atoms with Crippen molar-refractivity contribution in [3.63, 3.8) is 0 Å². The Bertz CT molecular complexity index is 593. The monoisotopic (exact) mass is 271 g/mol. The Morgan fingerprint density at radius 2 is 1.90 bits per heavy atom. The number of nitrogens with one attached hydrogen (secondary N) is 1. The lowest BCUT2D eigenvalue weighted by molar-refractivity contribution is -0.138. The van der Waals surface area contributed by atoms with Crippen LogP contribution in [-0.4, -0.2) is 18.2 Å². The minimum Gasteiger partial charge on any atom is -0.497 e. The number of carboxylic acid groups (broad SMARTS) is 1. The molecule has 2 aromatic rings. The number of rotatable bonds is 5. The summed E-state index contributed by atoms with van der Waals surface area (Å²) in [4.78, 5) is 11.5. The second-order valence-corrected chi connectivity index (χ2v) is 4.56. The zero-order valence-corrected chi connectivity index (χ0v) is 11.5. The van der Waals surface area contributed by atoms with E-state index in [1.165, 1.54) is 0 Å². The van der Waals surface area contributed by atoms with E-state index in [0.717, 1.165) is 11.3 Å². The van der Waals surface area contributed by atoms with Gasteiger partial charge in [0.1, 0.15) is 5.75 Å². The molecule has 0 saturated carbocycles. The average molecular weight is 271 g/mol. The normalized spacial score (nSPS) is 11.7. The first-order valence-electron chi connectivity index (χ1n) is 6.30. The molecule has 0 bridgehead atoms. The molecule has 0 radical (unpaired) electrons. The van der Waals surface area contributed by atoms with Crippen LogP contribution in [0.15, 0.2) is 48.5 Å². The quantitative estimate of drug-likeness (QED) is 0.876. The maximum atomic E-state index is 11.5. The maximum absolute atomic E-state index is 11.5. The van der Waals surface area contributed by atoms with Crippen molar-refractivity contribution in [2.45, 2.75) is 13.0 Å². The van der Waals surface area contributed by atoms with E-state index in [2.05, 4.69) is 5.32 Å². The van der Waals surface area contributed by atoms with E-state index in [0.29, 0.717) is 11.3 Å². The van der Waals surface area contributed by atoms with Gasteiger partial charge in [-0.2, -0.15) is 0 Å². The fourth-order valence-electron chi connectivity index (χ4n) is 1.93. The summed E-state index contributed by atoms with van der Waals surface area (Å²) >= 11 is 0. The van der Waals surface area contributed by atoms with Gasteiger partial charge in [0.05, 0.1) is 7.11 Å². The smallest absolute Gasteiger partial charge is 0.330 e. The van der Waals surface area contributed by atoms with E-state index >= 15 is 0 Å². The molecule has 0 aromatic heterocycles. The summed E-state index contributed by atoms with van der Waals surface area (Å²) in [6.45, 7) is 1.99.